The molecule has 0 fully saturated rings. The average molecular weight is 281 g/mol. The van der Waals surface area contributed by atoms with Crippen LogP contribution in [-0.4, -0.2) is 22.8 Å². The van der Waals surface area contributed by atoms with Gasteiger partial charge in [0, 0.05) is 10.6 Å². The Hall–Kier alpha value is -2.01. The second-order valence-corrected chi connectivity index (χ2v) is 4.24. The van der Waals surface area contributed by atoms with Crippen molar-refractivity contribution in [3.8, 4) is 11.6 Å². The number of esters is 1. The van der Waals surface area contributed by atoms with Crippen molar-refractivity contribution in [1.82, 2.24) is 10.2 Å². The smallest absolute Gasteiger partial charge is 0.359 e. The molecule has 6 heteroatoms. The SMILES string of the molecule is CCOC(=O)c1n[nH]c(Oc2cccc(Cl)c2)c1C. The molecule has 5 nitrogen and oxygen atoms in total. The molecule has 0 saturated heterocycles. The van der Waals surface area contributed by atoms with Crippen LogP contribution in [-0.2, 0) is 4.74 Å². The Balaban J connectivity index is 2.20. The predicted octanol–water partition coefficient (Wildman–Crippen LogP) is 3.34. The minimum Gasteiger partial charge on any atom is -0.461 e. The van der Waals surface area contributed by atoms with E-state index in [-0.39, 0.29) is 5.69 Å². The third-order valence-electron chi connectivity index (χ3n) is 2.45. The van der Waals surface area contributed by atoms with Gasteiger partial charge in [-0.2, -0.15) is 5.10 Å². The van der Waals surface area contributed by atoms with Gasteiger partial charge in [-0.05, 0) is 32.0 Å². The maximum atomic E-state index is 11.6. The Labute approximate surface area is 115 Å². The van der Waals surface area contributed by atoms with Gasteiger partial charge in [0.25, 0.3) is 0 Å². The summed E-state index contributed by atoms with van der Waals surface area (Å²) in [6, 6.07) is 6.95. The standard InChI is InChI=1S/C13H13ClN2O3/c1-3-18-13(17)11-8(2)12(16-15-11)19-10-6-4-5-9(14)7-10/h4-7H,3H2,1-2H3,(H,15,16). The van der Waals surface area contributed by atoms with Gasteiger partial charge in [-0.1, -0.05) is 17.7 Å². The van der Waals surface area contributed by atoms with E-state index in [1.165, 1.54) is 0 Å². The van der Waals surface area contributed by atoms with Crippen LogP contribution in [0.3, 0.4) is 0 Å². The second kappa shape index (κ2) is 5.75. The molecule has 0 amide bonds. The summed E-state index contributed by atoms with van der Waals surface area (Å²) in [4.78, 5) is 11.6. The zero-order valence-corrected chi connectivity index (χ0v) is 11.3. The zero-order chi connectivity index (χ0) is 13.8. The fraction of sp³-hybridized carbons (Fsp3) is 0.231. The van der Waals surface area contributed by atoms with Crippen molar-refractivity contribution in [2.24, 2.45) is 0 Å². The second-order valence-electron chi connectivity index (χ2n) is 3.81. The minimum atomic E-state index is -0.475. The van der Waals surface area contributed by atoms with Gasteiger partial charge in [-0.3, -0.25) is 0 Å². The molecule has 19 heavy (non-hydrogen) atoms. The molecule has 1 N–H and O–H groups in total. The molecule has 0 spiro atoms. The molecule has 0 aliphatic carbocycles. The van der Waals surface area contributed by atoms with E-state index in [2.05, 4.69) is 10.2 Å². The van der Waals surface area contributed by atoms with Crippen molar-refractivity contribution < 1.29 is 14.3 Å². The largest absolute Gasteiger partial charge is 0.461 e. The van der Waals surface area contributed by atoms with Gasteiger partial charge in [0.15, 0.2) is 5.69 Å². The molecule has 2 rings (SSSR count). The van der Waals surface area contributed by atoms with Crippen LogP contribution in [0.2, 0.25) is 5.02 Å². The third kappa shape index (κ3) is 3.06. The number of benzene rings is 1. The van der Waals surface area contributed by atoms with Crippen molar-refractivity contribution in [3.05, 3.63) is 40.5 Å². The molecular weight excluding hydrogens is 268 g/mol. The first-order chi connectivity index (χ1) is 9.11. The maximum Gasteiger partial charge on any atom is 0.359 e. The highest BCUT2D eigenvalue weighted by molar-refractivity contribution is 6.30. The topological polar surface area (TPSA) is 64.2 Å². The minimum absolute atomic E-state index is 0.221. The quantitative estimate of drug-likeness (QED) is 0.873. The highest BCUT2D eigenvalue weighted by Crippen LogP contribution is 2.26. The Bertz CT molecular complexity index is 595. The molecule has 1 aromatic heterocycles. The van der Waals surface area contributed by atoms with Crippen LogP contribution in [0.15, 0.2) is 24.3 Å². The fourth-order valence-electron chi connectivity index (χ4n) is 1.53. The molecule has 0 unspecified atom stereocenters. The van der Waals surface area contributed by atoms with Gasteiger partial charge in [0.05, 0.1) is 6.61 Å². The molecule has 0 aliphatic rings. The summed E-state index contributed by atoms with van der Waals surface area (Å²) in [6.45, 7) is 3.77. The molecule has 0 radical (unpaired) electrons. The highest BCUT2D eigenvalue weighted by Gasteiger charge is 2.18. The first kappa shape index (κ1) is 13.4. The summed E-state index contributed by atoms with van der Waals surface area (Å²) < 4.78 is 10.5. The number of aromatic amines is 1. The Morgan fingerprint density at radius 3 is 2.95 bits per heavy atom. The van der Waals surface area contributed by atoms with Crippen molar-refractivity contribution in [1.29, 1.82) is 0 Å². The first-order valence-corrected chi connectivity index (χ1v) is 6.15. The van der Waals surface area contributed by atoms with Gasteiger partial charge in [0.2, 0.25) is 5.88 Å². The maximum absolute atomic E-state index is 11.6. The Kier molecular flexibility index (Phi) is 4.06. The van der Waals surface area contributed by atoms with Gasteiger partial charge in [-0.25, -0.2) is 9.89 Å². The molecule has 0 saturated carbocycles. The van der Waals surface area contributed by atoms with Gasteiger partial charge in [0.1, 0.15) is 5.75 Å². The number of nitrogens with zero attached hydrogens (tertiary/aromatic N) is 1. The van der Waals surface area contributed by atoms with Crippen LogP contribution < -0.4 is 4.74 Å². The number of hydrogen-bond acceptors (Lipinski definition) is 4. The van der Waals surface area contributed by atoms with E-state index in [0.29, 0.717) is 28.8 Å². The van der Waals surface area contributed by atoms with Crippen LogP contribution in [0.5, 0.6) is 11.6 Å². The predicted molar refractivity (Wildman–Crippen MR) is 70.8 cm³/mol. The lowest BCUT2D eigenvalue weighted by Gasteiger charge is -2.04. The normalized spacial score (nSPS) is 10.3. The number of aromatic nitrogens is 2. The van der Waals surface area contributed by atoms with E-state index in [1.807, 2.05) is 0 Å². The lowest BCUT2D eigenvalue weighted by Crippen LogP contribution is -2.06. The molecule has 0 bridgehead atoms. The lowest BCUT2D eigenvalue weighted by molar-refractivity contribution is 0.0518. The van der Waals surface area contributed by atoms with Crippen LogP contribution in [0.1, 0.15) is 23.0 Å². The van der Waals surface area contributed by atoms with Gasteiger partial charge in [-0.15, -0.1) is 0 Å². The van der Waals surface area contributed by atoms with E-state index in [4.69, 9.17) is 21.1 Å². The molecule has 1 aromatic carbocycles. The molecular formula is C13H13ClN2O3. The Morgan fingerprint density at radius 1 is 1.47 bits per heavy atom. The summed E-state index contributed by atoms with van der Waals surface area (Å²) in [6.07, 6.45) is 0. The monoisotopic (exact) mass is 280 g/mol. The van der Waals surface area contributed by atoms with Crippen LogP contribution in [0.25, 0.3) is 0 Å². The molecule has 1 heterocycles. The summed E-state index contributed by atoms with van der Waals surface area (Å²) in [7, 11) is 0. The van der Waals surface area contributed by atoms with E-state index in [1.54, 1.807) is 38.1 Å². The van der Waals surface area contributed by atoms with Crippen LogP contribution >= 0.6 is 11.6 Å². The van der Waals surface area contributed by atoms with Crippen molar-refractivity contribution >= 4 is 17.6 Å². The number of carbonyl (C=O) groups is 1. The molecule has 100 valence electrons. The first-order valence-electron chi connectivity index (χ1n) is 5.77. The highest BCUT2D eigenvalue weighted by atomic mass is 35.5. The number of halogens is 1. The summed E-state index contributed by atoms with van der Waals surface area (Å²) in [5, 5.41) is 7.13. The van der Waals surface area contributed by atoms with E-state index >= 15 is 0 Å². The summed E-state index contributed by atoms with van der Waals surface area (Å²) >= 11 is 5.87. The van der Waals surface area contributed by atoms with Crippen molar-refractivity contribution in [3.63, 3.8) is 0 Å². The average Bonchev–Trinajstić information content (AvgIpc) is 2.71. The van der Waals surface area contributed by atoms with Gasteiger partial charge >= 0.3 is 5.97 Å². The van der Waals surface area contributed by atoms with Crippen LogP contribution in [0.4, 0.5) is 0 Å². The number of ether oxygens (including phenoxy) is 2. The van der Waals surface area contributed by atoms with Gasteiger partial charge < -0.3 is 9.47 Å². The summed E-state index contributed by atoms with van der Waals surface area (Å²) in [5.41, 5.74) is 0.817. The van der Waals surface area contributed by atoms with E-state index < -0.39 is 5.97 Å². The van der Waals surface area contributed by atoms with Crippen LogP contribution in [0, 0.1) is 6.92 Å². The fourth-order valence-corrected chi connectivity index (χ4v) is 1.71. The third-order valence-corrected chi connectivity index (χ3v) is 2.68. The lowest BCUT2D eigenvalue weighted by atomic mass is 10.2. The molecule has 2 aromatic rings. The van der Waals surface area contributed by atoms with E-state index in [9.17, 15) is 4.79 Å². The molecule has 0 aliphatic heterocycles. The molecule has 0 atom stereocenters. The number of H-pyrrole nitrogens is 1. The van der Waals surface area contributed by atoms with Crippen molar-refractivity contribution in [2.75, 3.05) is 6.61 Å². The van der Waals surface area contributed by atoms with Crippen molar-refractivity contribution in [2.45, 2.75) is 13.8 Å². The Morgan fingerprint density at radius 2 is 2.26 bits per heavy atom. The summed E-state index contributed by atoms with van der Waals surface area (Å²) in [5.74, 6) is 0.483. The number of hydrogen-bond donors (Lipinski definition) is 1. The number of rotatable bonds is 4. The zero-order valence-electron chi connectivity index (χ0n) is 10.6. The number of carbonyl (C=O) groups excluding carboxylic acids is 1. The van der Waals surface area contributed by atoms with E-state index in [0.717, 1.165) is 0 Å². The number of nitrogens with one attached hydrogen (secondary N) is 1.